The summed E-state index contributed by atoms with van der Waals surface area (Å²) in [6.45, 7) is 1.99. The van der Waals surface area contributed by atoms with E-state index in [9.17, 15) is 0 Å². The van der Waals surface area contributed by atoms with Gasteiger partial charge in [0.2, 0.25) is 0 Å². The fourth-order valence-electron chi connectivity index (χ4n) is 1.31. The number of halogens is 1. The maximum Gasteiger partial charge on any atom is 0.135 e. The molecule has 2 N–H and O–H groups in total. The molecule has 0 bridgehead atoms. The Balaban J connectivity index is 2.37. The van der Waals surface area contributed by atoms with Gasteiger partial charge in [0.25, 0.3) is 0 Å². The second-order valence-electron chi connectivity index (χ2n) is 3.13. The Labute approximate surface area is 101 Å². The summed E-state index contributed by atoms with van der Waals surface area (Å²) < 4.78 is 2.69. The third kappa shape index (κ3) is 1.94. The maximum absolute atomic E-state index is 5.89. The Bertz CT molecular complexity index is 453. The summed E-state index contributed by atoms with van der Waals surface area (Å²) in [5.74, 6) is 0.661. The summed E-state index contributed by atoms with van der Waals surface area (Å²) in [7, 11) is 0. The Hall–Kier alpha value is -1.18. The molecule has 0 aliphatic heterocycles. The number of hydrogen-bond donors (Lipinski definition) is 1. The van der Waals surface area contributed by atoms with Crippen LogP contribution in [0.3, 0.4) is 0 Å². The molecule has 2 aromatic rings. The van der Waals surface area contributed by atoms with Crippen molar-refractivity contribution in [3.05, 3.63) is 34.1 Å². The standard InChI is InChI=1S/C9H10IN5/c1-6(8-5-12-2-3-13-8)15-9(11)7(10)4-14-15/h2-6H,11H2,1H3. The largest absolute Gasteiger partial charge is 0.383 e. The quantitative estimate of drug-likeness (QED) is 0.852. The van der Waals surface area contributed by atoms with Crippen molar-refractivity contribution in [1.82, 2.24) is 19.7 Å². The predicted molar refractivity (Wildman–Crippen MR) is 65.2 cm³/mol. The molecule has 0 amide bonds. The van der Waals surface area contributed by atoms with Crippen molar-refractivity contribution in [1.29, 1.82) is 0 Å². The number of nitrogens with zero attached hydrogens (tertiary/aromatic N) is 4. The molecule has 2 heterocycles. The third-order valence-electron chi connectivity index (χ3n) is 2.17. The van der Waals surface area contributed by atoms with Crippen LogP contribution in [0.5, 0.6) is 0 Å². The molecular weight excluding hydrogens is 305 g/mol. The highest BCUT2D eigenvalue weighted by molar-refractivity contribution is 14.1. The summed E-state index contributed by atoms with van der Waals surface area (Å²) in [6.07, 6.45) is 6.77. The smallest absolute Gasteiger partial charge is 0.135 e. The average molecular weight is 315 g/mol. The molecule has 2 aromatic heterocycles. The lowest BCUT2D eigenvalue weighted by molar-refractivity contribution is 0.557. The summed E-state index contributed by atoms with van der Waals surface area (Å²) in [5.41, 5.74) is 6.74. The van der Waals surface area contributed by atoms with E-state index in [4.69, 9.17) is 5.73 Å². The predicted octanol–water partition coefficient (Wildman–Crippen LogP) is 1.47. The van der Waals surface area contributed by atoms with Gasteiger partial charge in [-0.25, -0.2) is 4.68 Å². The van der Waals surface area contributed by atoms with Crippen LogP contribution in [0.4, 0.5) is 5.82 Å². The number of aromatic nitrogens is 4. The molecule has 0 fully saturated rings. The minimum absolute atomic E-state index is 0.00205. The summed E-state index contributed by atoms with van der Waals surface area (Å²) in [6, 6.07) is 0.00205. The lowest BCUT2D eigenvalue weighted by atomic mass is 10.2. The van der Waals surface area contributed by atoms with E-state index in [1.165, 1.54) is 0 Å². The fourth-order valence-corrected chi connectivity index (χ4v) is 1.68. The molecule has 1 unspecified atom stereocenters. The van der Waals surface area contributed by atoms with Gasteiger partial charge in [0.1, 0.15) is 5.82 Å². The minimum Gasteiger partial charge on any atom is -0.383 e. The normalized spacial score (nSPS) is 12.7. The van der Waals surface area contributed by atoms with Crippen molar-refractivity contribution < 1.29 is 0 Å². The van der Waals surface area contributed by atoms with E-state index < -0.39 is 0 Å². The second kappa shape index (κ2) is 4.13. The van der Waals surface area contributed by atoms with E-state index in [1.807, 2.05) is 6.92 Å². The van der Waals surface area contributed by atoms with Crippen LogP contribution in [-0.4, -0.2) is 19.7 Å². The van der Waals surface area contributed by atoms with E-state index in [-0.39, 0.29) is 6.04 Å². The lowest BCUT2D eigenvalue weighted by Crippen LogP contribution is -2.13. The molecule has 0 radical (unpaired) electrons. The van der Waals surface area contributed by atoms with E-state index >= 15 is 0 Å². The molecule has 6 heteroatoms. The highest BCUT2D eigenvalue weighted by Gasteiger charge is 2.14. The molecule has 0 aromatic carbocycles. The summed E-state index contributed by atoms with van der Waals surface area (Å²) >= 11 is 2.15. The van der Waals surface area contributed by atoms with Gasteiger partial charge in [0, 0.05) is 12.4 Å². The Kier molecular flexibility index (Phi) is 2.85. The van der Waals surface area contributed by atoms with Crippen molar-refractivity contribution in [2.24, 2.45) is 0 Å². The van der Waals surface area contributed by atoms with E-state index in [0.29, 0.717) is 5.82 Å². The number of nitrogens with two attached hydrogens (primary N) is 1. The van der Waals surface area contributed by atoms with Crippen molar-refractivity contribution in [2.75, 3.05) is 5.73 Å². The summed E-state index contributed by atoms with van der Waals surface area (Å²) in [5, 5.41) is 4.21. The zero-order valence-electron chi connectivity index (χ0n) is 8.13. The van der Waals surface area contributed by atoms with Crippen LogP contribution in [0.15, 0.2) is 24.8 Å². The molecule has 0 saturated carbocycles. The zero-order valence-corrected chi connectivity index (χ0v) is 10.3. The van der Waals surface area contributed by atoms with Gasteiger partial charge in [0.15, 0.2) is 0 Å². The van der Waals surface area contributed by atoms with Crippen LogP contribution in [0, 0.1) is 3.57 Å². The Morgan fingerprint density at radius 2 is 2.20 bits per heavy atom. The van der Waals surface area contributed by atoms with Gasteiger partial charge in [-0.1, -0.05) is 0 Å². The number of anilines is 1. The first kappa shape index (κ1) is 10.3. The Morgan fingerprint density at radius 1 is 1.40 bits per heavy atom. The first-order valence-electron chi connectivity index (χ1n) is 4.44. The van der Waals surface area contributed by atoms with Gasteiger partial charge >= 0.3 is 0 Å². The van der Waals surface area contributed by atoms with Crippen molar-refractivity contribution in [2.45, 2.75) is 13.0 Å². The number of hydrogen-bond acceptors (Lipinski definition) is 4. The lowest BCUT2D eigenvalue weighted by Gasteiger charge is -2.12. The molecule has 0 saturated heterocycles. The van der Waals surface area contributed by atoms with Crippen LogP contribution < -0.4 is 5.73 Å². The van der Waals surface area contributed by atoms with Gasteiger partial charge in [-0.05, 0) is 29.5 Å². The second-order valence-corrected chi connectivity index (χ2v) is 4.29. The van der Waals surface area contributed by atoms with Gasteiger partial charge < -0.3 is 5.73 Å². The van der Waals surface area contributed by atoms with Crippen molar-refractivity contribution in [3.8, 4) is 0 Å². The first-order chi connectivity index (χ1) is 7.20. The van der Waals surface area contributed by atoms with Gasteiger partial charge in [-0.15, -0.1) is 0 Å². The molecule has 5 nitrogen and oxygen atoms in total. The molecule has 0 spiro atoms. The molecule has 15 heavy (non-hydrogen) atoms. The third-order valence-corrected chi connectivity index (χ3v) is 3.00. The monoisotopic (exact) mass is 315 g/mol. The molecule has 78 valence electrons. The van der Waals surface area contributed by atoms with Crippen LogP contribution >= 0.6 is 22.6 Å². The molecule has 2 rings (SSSR count). The molecule has 0 aliphatic carbocycles. The first-order valence-corrected chi connectivity index (χ1v) is 5.52. The van der Waals surface area contributed by atoms with E-state index in [1.54, 1.807) is 29.5 Å². The highest BCUT2D eigenvalue weighted by atomic mass is 127. The average Bonchev–Trinajstić information content (AvgIpc) is 2.60. The molecule has 0 aliphatic rings. The van der Waals surface area contributed by atoms with E-state index in [0.717, 1.165) is 9.26 Å². The van der Waals surface area contributed by atoms with E-state index in [2.05, 4.69) is 37.7 Å². The van der Waals surface area contributed by atoms with Crippen LogP contribution in [0.1, 0.15) is 18.7 Å². The number of nitrogen functional groups attached to an aromatic ring is 1. The molecular formula is C9H10IN5. The topological polar surface area (TPSA) is 69.6 Å². The number of rotatable bonds is 2. The minimum atomic E-state index is 0.00205. The van der Waals surface area contributed by atoms with Crippen LogP contribution in [-0.2, 0) is 0 Å². The Morgan fingerprint density at radius 3 is 2.73 bits per heavy atom. The van der Waals surface area contributed by atoms with Crippen molar-refractivity contribution in [3.63, 3.8) is 0 Å². The van der Waals surface area contributed by atoms with Crippen LogP contribution in [0.2, 0.25) is 0 Å². The van der Waals surface area contributed by atoms with Gasteiger partial charge in [-0.3, -0.25) is 9.97 Å². The van der Waals surface area contributed by atoms with Crippen molar-refractivity contribution >= 4 is 28.4 Å². The zero-order chi connectivity index (χ0) is 10.8. The SMILES string of the molecule is CC(c1cnccn1)n1ncc(I)c1N. The maximum atomic E-state index is 5.89. The van der Waals surface area contributed by atoms with Gasteiger partial charge in [-0.2, -0.15) is 5.10 Å². The summed E-state index contributed by atoms with van der Waals surface area (Å²) in [4.78, 5) is 8.25. The highest BCUT2D eigenvalue weighted by Crippen LogP contribution is 2.21. The van der Waals surface area contributed by atoms with Gasteiger partial charge in [0.05, 0.1) is 27.7 Å². The fraction of sp³-hybridized carbons (Fsp3) is 0.222. The molecule has 1 atom stereocenters. The van der Waals surface area contributed by atoms with Crippen LogP contribution in [0.25, 0.3) is 0 Å².